The van der Waals surface area contributed by atoms with Crippen molar-refractivity contribution in [2.24, 2.45) is 0 Å². The molecule has 4 nitrogen and oxygen atoms in total. The van der Waals surface area contributed by atoms with Crippen LogP contribution in [0.2, 0.25) is 0 Å². The fraction of sp³-hybridized carbons (Fsp3) is 0.0508. The summed E-state index contributed by atoms with van der Waals surface area (Å²) in [6.45, 7) is 12.2. The molecular weight excluding hydrogens is 822 g/mol. The summed E-state index contributed by atoms with van der Waals surface area (Å²) in [5.41, 5.74) is 14.2. The summed E-state index contributed by atoms with van der Waals surface area (Å²) in [7, 11) is 0. The number of rotatable bonds is 6. The second-order valence-electron chi connectivity index (χ2n) is 16.7. The lowest BCUT2D eigenvalue weighted by atomic mass is 9.93. The molecule has 0 radical (unpaired) electrons. The average Bonchev–Trinajstić information content (AvgIpc) is 3.85. The van der Waals surface area contributed by atoms with Gasteiger partial charge in [0.1, 0.15) is 0 Å². The van der Waals surface area contributed by atoms with Gasteiger partial charge in [0.15, 0.2) is 5.69 Å². The van der Waals surface area contributed by atoms with E-state index in [2.05, 4.69) is 125 Å². The van der Waals surface area contributed by atoms with Gasteiger partial charge in [-0.3, -0.25) is 0 Å². The molecule has 0 bridgehead atoms. The van der Waals surface area contributed by atoms with Crippen LogP contribution in [0.5, 0.6) is 0 Å². The minimum absolute atomic E-state index is 0.101. The molecule has 2 heterocycles. The molecule has 0 aliphatic heterocycles. The molecule has 0 atom stereocenters. The Kier molecular flexibility index (Phi) is 9.46. The largest absolute Gasteiger partial charge is 0.415 e. The number of aryl methyl sites for hydroxylation is 2. The van der Waals surface area contributed by atoms with Crippen LogP contribution >= 0.6 is 0 Å². The maximum Gasteiger partial charge on any atom is 0.415 e. The van der Waals surface area contributed by atoms with Gasteiger partial charge in [-0.1, -0.05) is 121 Å². The van der Waals surface area contributed by atoms with Gasteiger partial charge in [0.25, 0.3) is 0 Å². The number of para-hydroxylation sites is 2. The highest BCUT2D eigenvalue weighted by Crippen LogP contribution is 2.45. The van der Waals surface area contributed by atoms with Gasteiger partial charge < -0.3 is 9.13 Å². The van der Waals surface area contributed by atoms with E-state index in [1.807, 2.05) is 78.9 Å². The van der Waals surface area contributed by atoms with Crippen LogP contribution in [-0.2, 0) is 6.18 Å². The molecule has 0 aliphatic carbocycles. The van der Waals surface area contributed by atoms with Crippen LogP contribution in [0.4, 0.5) is 18.9 Å². The number of halogens is 3. The Morgan fingerprint density at radius 1 is 0.455 bits per heavy atom. The smallest absolute Gasteiger partial charge is 0.309 e. The molecule has 0 N–H and O–H groups in total. The van der Waals surface area contributed by atoms with E-state index in [0.717, 1.165) is 100 Å². The molecule has 0 spiro atoms. The fourth-order valence-corrected chi connectivity index (χ4v) is 9.77. The summed E-state index contributed by atoms with van der Waals surface area (Å²) in [6, 6.07) is 63.5. The van der Waals surface area contributed by atoms with E-state index in [0.29, 0.717) is 16.7 Å². The van der Waals surface area contributed by atoms with E-state index >= 15 is 0 Å². The van der Waals surface area contributed by atoms with Gasteiger partial charge in [0.05, 0.1) is 51.6 Å². The molecule has 0 fully saturated rings. The topological polar surface area (TPSA) is 38.0 Å². The summed E-state index contributed by atoms with van der Waals surface area (Å²) in [4.78, 5) is 3.61. The van der Waals surface area contributed by atoms with Crippen molar-refractivity contribution in [1.29, 1.82) is 5.26 Å². The number of alkyl halides is 3. The zero-order valence-electron chi connectivity index (χ0n) is 35.8. The summed E-state index contributed by atoms with van der Waals surface area (Å²) >= 11 is 0. The van der Waals surface area contributed by atoms with E-state index in [4.69, 9.17) is 6.57 Å². The number of nitrogens with zero attached hydrogens (tertiary/aromatic N) is 4. The number of fused-ring (bicyclic) bond motifs is 6. The molecule has 0 aliphatic rings. The second-order valence-corrected chi connectivity index (χ2v) is 16.7. The summed E-state index contributed by atoms with van der Waals surface area (Å²) in [6.07, 6.45) is -4.61. The fourth-order valence-electron chi connectivity index (χ4n) is 9.77. The van der Waals surface area contributed by atoms with Gasteiger partial charge >= 0.3 is 6.18 Å². The van der Waals surface area contributed by atoms with Crippen LogP contribution in [-0.4, -0.2) is 9.13 Å². The van der Waals surface area contributed by atoms with Crippen molar-refractivity contribution in [1.82, 2.24) is 9.13 Å². The van der Waals surface area contributed by atoms with Crippen molar-refractivity contribution in [2.75, 3.05) is 0 Å². The summed E-state index contributed by atoms with van der Waals surface area (Å²) < 4.78 is 46.4. The first-order valence-electron chi connectivity index (χ1n) is 21.6. The van der Waals surface area contributed by atoms with Crippen LogP contribution in [0.25, 0.3) is 104 Å². The van der Waals surface area contributed by atoms with Crippen LogP contribution in [0.15, 0.2) is 188 Å². The minimum atomic E-state index is -4.61. The van der Waals surface area contributed by atoms with Gasteiger partial charge in [0, 0.05) is 38.2 Å². The molecule has 11 rings (SSSR count). The number of hydrogen-bond acceptors (Lipinski definition) is 1. The Bertz CT molecular complexity index is 3870. The minimum Gasteiger partial charge on any atom is -0.309 e. The Morgan fingerprint density at radius 3 is 1.52 bits per heavy atom. The standard InChI is InChI=1S/C59H37F3N4/c1-36-12-4-6-14-43(36)39-21-27-55-49(31-39)46-16-8-10-18-53(46)65(55)56-29-23-41(45-26-24-42(59(60,61)62)34-52(45)64-3)33-51(56)48-25-20-38(35-63)30-58(48)66-54-19-11-9-17-47(54)50-32-40(22-28-57(50)66)44-15-7-5-13-37(44)2/h4-34H,1-2H3. The predicted molar refractivity (Wildman–Crippen MR) is 262 cm³/mol. The number of hydrogen-bond donors (Lipinski definition) is 0. The maximum atomic E-state index is 14.0. The third kappa shape index (κ3) is 6.52. The van der Waals surface area contributed by atoms with Gasteiger partial charge in [0.2, 0.25) is 0 Å². The highest BCUT2D eigenvalue weighted by Gasteiger charge is 2.31. The highest BCUT2D eigenvalue weighted by molar-refractivity contribution is 6.13. The van der Waals surface area contributed by atoms with E-state index in [-0.39, 0.29) is 5.69 Å². The number of benzene rings is 9. The van der Waals surface area contributed by atoms with Gasteiger partial charge in [-0.25, -0.2) is 4.85 Å². The third-order valence-electron chi connectivity index (χ3n) is 12.9. The third-order valence-corrected chi connectivity index (χ3v) is 12.9. The van der Waals surface area contributed by atoms with E-state index in [9.17, 15) is 18.4 Å². The van der Waals surface area contributed by atoms with Crippen molar-refractivity contribution >= 4 is 49.3 Å². The highest BCUT2D eigenvalue weighted by atomic mass is 19.4. The second kappa shape index (κ2) is 15.6. The van der Waals surface area contributed by atoms with E-state index < -0.39 is 11.7 Å². The lowest BCUT2D eigenvalue weighted by Gasteiger charge is -2.20. The Morgan fingerprint density at radius 2 is 0.955 bits per heavy atom. The van der Waals surface area contributed by atoms with Crippen molar-refractivity contribution in [3.05, 3.63) is 222 Å². The summed E-state index contributed by atoms with van der Waals surface area (Å²) in [5, 5.41) is 14.7. The molecule has 314 valence electrons. The van der Waals surface area contributed by atoms with Crippen molar-refractivity contribution in [3.8, 4) is 62.0 Å². The van der Waals surface area contributed by atoms with Crippen LogP contribution < -0.4 is 0 Å². The zero-order chi connectivity index (χ0) is 45.3. The quantitative estimate of drug-likeness (QED) is 0.154. The summed E-state index contributed by atoms with van der Waals surface area (Å²) in [5.74, 6) is 0. The lowest BCUT2D eigenvalue weighted by Crippen LogP contribution is -2.04. The number of nitriles is 1. The van der Waals surface area contributed by atoms with E-state index in [1.54, 1.807) is 0 Å². The van der Waals surface area contributed by atoms with E-state index in [1.165, 1.54) is 17.2 Å². The molecule has 7 heteroatoms. The number of aromatic nitrogens is 2. The molecular formula is C59H37F3N4. The van der Waals surface area contributed by atoms with Gasteiger partial charge in [-0.2, -0.15) is 18.4 Å². The first kappa shape index (κ1) is 40.1. The van der Waals surface area contributed by atoms with Gasteiger partial charge in [-0.05, 0) is 125 Å². The normalized spacial score (nSPS) is 11.7. The molecule has 11 aromatic rings. The Labute approximate surface area is 379 Å². The van der Waals surface area contributed by atoms with Crippen LogP contribution in [0.1, 0.15) is 22.3 Å². The van der Waals surface area contributed by atoms with Crippen molar-refractivity contribution < 1.29 is 13.2 Å². The Hall–Kier alpha value is -8.65. The van der Waals surface area contributed by atoms with Gasteiger partial charge in [-0.15, -0.1) is 0 Å². The molecule has 2 aromatic heterocycles. The SMILES string of the molecule is [C-]#[N+]c1cc(C(F)(F)F)ccc1-c1ccc(-n2c3ccccc3c3cc(-c4ccccc4C)ccc32)c(-c2ccc(C#N)cc2-n2c3ccccc3c3cc(-c4ccccc4C)ccc32)c1. The predicted octanol–water partition coefficient (Wildman–Crippen LogP) is 16.6. The lowest BCUT2D eigenvalue weighted by molar-refractivity contribution is -0.137. The molecule has 0 unspecified atom stereocenters. The molecule has 0 saturated carbocycles. The molecule has 0 saturated heterocycles. The molecule has 9 aromatic carbocycles. The first-order valence-corrected chi connectivity index (χ1v) is 21.6. The van der Waals surface area contributed by atoms with Crippen LogP contribution in [0, 0.1) is 31.8 Å². The van der Waals surface area contributed by atoms with Crippen molar-refractivity contribution in [2.45, 2.75) is 20.0 Å². The monoisotopic (exact) mass is 858 g/mol. The maximum absolute atomic E-state index is 14.0. The molecule has 0 amide bonds. The van der Waals surface area contributed by atoms with Crippen molar-refractivity contribution in [3.63, 3.8) is 0 Å². The zero-order valence-corrected chi connectivity index (χ0v) is 35.8. The Balaban J connectivity index is 1.22. The molecule has 66 heavy (non-hydrogen) atoms. The first-order chi connectivity index (χ1) is 32.1. The average molecular weight is 859 g/mol. The van der Waals surface area contributed by atoms with Crippen LogP contribution in [0.3, 0.4) is 0 Å².